The lowest BCUT2D eigenvalue weighted by molar-refractivity contribution is -0.385. The maximum Gasteiger partial charge on any atom is 0.273 e. The molecule has 0 radical (unpaired) electrons. The van der Waals surface area contributed by atoms with Crippen molar-refractivity contribution < 1.29 is 22.1 Å². The van der Waals surface area contributed by atoms with Crippen molar-refractivity contribution in [3.63, 3.8) is 0 Å². The van der Waals surface area contributed by atoms with Gasteiger partial charge in [-0.1, -0.05) is 0 Å². The summed E-state index contributed by atoms with van der Waals surface area (Å²) in [5.74, 6) is -3.39. The zero-order valence-corrected chi connectivity index (χ0v) is 12.2. The lowest BCUT2D eigenvalue weighted by Gasteiger charge is -2.15. The van der Waals surface area contributed by atoms with E-state index < -0.39 is 44.5 Å². The number of benzene rings is 1. The molecule has 1 aromatic rings. The molecule has 0 unspecified atom stereocenters. The lowest BCUT2D eigenvalue weighted by Crippen LogP contribution is -2.41. The molecule has 0 aliphatic carbocycles. The van der Waals surface area contributed by atoms with Gasteiger partial charge in [0.25, 0.3) is 11.6 Å². The topological polar surface area (TPSA) is 115 Å². The molecule has 10 heteroatoms. The zero-order valence-electron chi connectivity index (χ0n) is 11.4. The highest BCUT2D eigenvalue weighted by Crippen LogP contribution is 2.26. The second-order valence-electron chi connectivity index (χ2n) is 4.55. The van der Waals surface area contributed by atoms with Crippen LogP contribution in [-0.4, -0.2) is 32.4 Å². The van der Waals surface area contributed by atoms with Gasteiger partial charge in [-0.25, -0.2) is 21.9 Å². The average molecular weight is 323 g/mol. The number of nitrogens with one attached hydrogen (secondary N) is 1. The summed E-state index contributed by atoms with van der Waals surface area (Å²) in [5.41, 5.74) is 4.92. The van der Waals surface area contributed by atoms with Crippen molar-refractivity contribution in [1.29, 1.82) is 0 Å². The summed E-state index contributed by atoms with van der Waals surface area (Å²) >= 11 is 0. The van der Waals surface area contributed by atoms with Gasteiger partial charge in [-0.2, -0.15) is 0 Å². The second-order valence-corrected chi connectivity index (χ2v) is 6.28. The van der Waals surface area contributed by atoms with Gasteiger partial charge in [-0.05, 0) is 25.5 Å². The Bertz CT molecular complexity index is 662. The van der Waals surface area contributed by atoms with Gasteiger partial charge in [0.1, 0.15) is 0 Å². The minimum absolute atomic E-state index is 0.224. The molecule has 118 valence electrons. The Morgan fingerprint density at radius 3 is 2.38 bits per heavy atom. The first-order chi connectivity index (χ1) is 9.50. The maximum atomic E-state index is 13.0. The minimum atomic E-state index is -4.30. The van der Waals surface area contributed by atoms with Crippen LogP contribution in [0.5, 0.6) is 0 Å². The number of nitrogens with two attached hydrogens (primary N) is 1. The average Bonchev–Trinajstić information content (AvgIpc) is 2.36. The van der Waals surface area contributed by atoms with E-state index >= 15 is 0 Å². The molecule has 0 bridgehead atoms. The van der Waals surface area contributed by atoms with Crippen molar-refractivity contribution in [2.75, 3.05) is 13.1 Å². The van der Waals surface area contributed by atoms with Crippen LogP contribution < -0.4 is 10.5 Å². The molecule has 0 heterocycles. The highest BCUT2D eigenvalue weighted by Gasteiger charge is 2.30. The van der Waals surface area contributed by atoms with E-state index in [1.54, 1.807) is 4.72 Å². The smallest absolute Gasteiger partial charge is 0.273 e. The zero-order chi connectivity index (χ0) is 16.4. The normalized spacial score (nSPS) is 12.4. The largest absolute Gasteiger partial charge is 0.325 e. The fourth-order valence-corrected chi connectivity index (χ4v) is 2.96. The molecule has 0 aromatic heterocycles. The number of sulfonamides is 1. The Kier molecular flexibility index (Phi) is 4.97. The number of halogens is 2. The van der Waals surface area contributed by atoms with E-state index in [2.05, 4.69) is 0 Å². The molecule has 7 nitrogen and oxygen atoms in total. The Hall–Kier alpha value is -1.65. The van der Waals surface area contributed by atoms with Crippen LogP contribution in [0.3, 0.4) is 0 Å². The van der Waals surface area contributed by atoms with Crippen molar-refractivity contribution in [1.82, 2.24) is 4.72 Å². The molecule has 0 aliphatic rings. The molecule has 0 spiro atoms. The summed E-state index contributed by atoms with van der Waals surface area (Å²) < 4.78 is 51.7. The molecule has 3 N–H and O–H groups in total. The lowest BCUT2D eigenvalue weighted by atomic mass is 10.1. The Morgan fingerprint density at radius 2 is 1.90 bits per heavy atom. The predicted molar refractivity (Wildman–Crippen MR) is 71.8 cm³/mol. The second kappa shape index (κ2) is 6.00. The molecule has 1 aromatic carbocycles. The third-order valence-electron chi connectivity index (χ3n) is 2.80. The highest BCUT2D eigenvalue weighted by atomic mass is 32.2. The molecular formula is C11H15F2N3O4S. The summed E-state index contributed by atoms with van der Waals surface area (Å²) in [4.78, 5) is 9.69. The summed E-state index contributed by atoms with van der Waals surface area (Å²) in [6.07, 6.45) is 0. The Morgan fingerprint density at radius 1 is 1.33 bits per heavy atom. The van der Waals surface area contributed by atoms with Crippen molar-refractivity contribution >= 4 is 15.7 Å². The molecule has 0 saturated carbocycles. The molecule has 21 heavy (non-hydrogen) atoms. The van der Waals surface area contributed by atoms with Crippen LogP contribution in [0.25, 0.3) is 0 Å². The number of hydrogen-bond donors (Lipinski definition) is 2. The number of aryl methyl sites for hydroxylation is 2. The van der Waals surface area contributed by atoms with E-state index in [9.17, 15) is 27.3 Å². The Labute approximate surface area is 120 Å². The molecule has 0 fully saturated rings. The van der Waals surface area contributed by atoms with Gasteiger partial charge in [0.2, 0.25) is 10.0 Å². The third-order valence-corrected chi connectivity index (χ3v) is 4.34. The molecule has 0 saturated heterocycles. The van der Waals surface area contributed by atoms with Gasteiger partial charge >= 0.3 is 0 Å². The highest BCUT2D eigenvalue weighted by molar-refractivity contribution is 7.89. The SMILES string of the molecule is Cc1cc(C)c(S(=O)(=O)NCC(F)(F)CN)cc1[N+](=O)[O-]. The van der Waals surface area contributed by atoms with E-state index in [-0.39, 0.29) is 11.1 Å². The number of alkyl halides is 2. The summed E-state index contributed by atoms with van der Waals surface area (Å²) in [7, 11) is -4.30. The van der Waals surface area contributed by atoms with Crippen molar-refractivity contribution in [3.05, 3.63) is 33.4 Å². The van der Waals surface area contributed by atoms with E-state index in [0.29, 0.717) is 0 Å². The summed E-state index contributed by atoms with van der Waals surface area (Å²) in [5, 5.41) is 10.8. The van der Waals surface area contributed by atoms with Crippen LogP contribution in [0.2, 0.25) is 0 Å². The van der Waals surface area contributed by atoms with Crippen LogP contribution in [0.4, 0.5) is 14.5 Å². The number of nitro benzene ring substituents is 1. The first-order valence-corrected chi connectivity index (χ1v) is 7.32. The van der Waals surface area contributed by atoms with Gasteiger partial charge in [-0.3, -0.25) is 10.1 Å². The number of hydrogen-bond acceptors (Lipinski definition) is 5. The van der Waals surface area contributed by atoms with Crippen LogP contribution >= 0.6 is 0 Å². The first kappa shape index (κ1) is 17.4. The molecular weight excluding hydrogens is 308 g/mol. The van der Waals surface area contributed by atoms with E-state index in [1.165, 1.54) is 19.9 Å². The van der Waals surface area contributed by atoms with Crippen LogP contribution in [0.15, 0.2) is 17.0 Å². The van der Waals surface area contributed by atoms with Gasteiger partial charge in [0.15, 0.2) is 0 Å². The summed E-state index contributed by atoms with van der Waals surface area (Å²) in [6, 6.07) is 2.17. The van der Waals surface area contributed by atoms with Gasteiger partial charge in [0.05, 0.1) is 22.9 Å². The van der Waals surface area contributed by atoms with Crippen molar-refractivity contribution in [2.45, 2.75) is 24.7 Å². The standard InChI is InChI=1S/C11H15F2N3O4S/c1-7-3-8(2)10(4-9(7)16(17)18)21(19,20)15-6-11(12,13)5-14/h3-4,15H,5-6,14H2,1-2H3. The fraction of sp³-hybridized carbons (Fsp3) is 0.455. The molecule has 0 amide bonds. The molecule has 0 aliphatic heterocycles. The maximum absolute atomic E-state index is 13.0. The van der Waals surface area contributed by atoms with Crippen molar-refractivity contribution in [3.8, 4) is 0 Å². The van der Waals surface area contributed by atoms with Crippen LogP contribution in [-0.2, 0) is 10.0 Å². The van der Waals surface area contributed by atoms with Crippen LogP contribution in [0.1, 0.15) is 11.1 Å². The molecule has 0 atom stereocenters. The van der Waals surface area contributed by atoms with Gasteiger partial charge < -0.3 is 5.73 Å². The monoisotopic (exact) mass is 323 g/mol. The van der Waals surface area contributed by atoms with E-state index in [1.807, 2.05) is 0 Å². The Balaban J connectivity index is 3.20. The van der Waals surface area contributed by atoms with Gasteiger partial charge in [-0.15, -0.1) is 0 Å². The fourth-order valence-electron chi connectivity index (χ4n) is 1.66. The minimum Gasteiger partial charge on any atom is -0.325 e. The number of nitro groups is 1. The van der Waals surface area contributed by atoms with E-state index in [4.69, 9.17) is 5.73 Å². The third kappa shape index (κ3) is 4.16. The predicted octanol–water partition coefficient (Wildman–Crippen LogP) is 1.08. The number of nitrogens with zero attached hydrogens (tertiary/aromatic N) is 1. The van der Waals surface area contributed by atoms with Crippen LogP contribution in [0, 0.1) is 24.0 Å². The first-order valence-electron chi connectivity index (χ1n) is 5.83. The molecule has 1 rings (SSSR count). The quantitative estimate of drug-likeness (QED) is 0.600. The van der Waals surface area contributed by atoms with E-state index in [0.717, 1.165) is 6.07 Å². The van der Waals surface area contributed by atoms with Gasteiger partial charge in [0, 0.05) is 11.6 Å². The number of rotatable bonds is 6. The summed E-state index contributed by atoms with van der Waals surface area (Å²) in [6.45, 7) is 0.694. The van der Waals surface area contributed by atoms with Crippen molar-refractivity contribution in [2.24, 2.45) is 5.73 Å².